The molecule has 1 fully saturated rings. The highest BCUT2D eigenvalue weighted by molar-refractivity contribution is 5.81. The Morgan fingerprint density at radius 1 is 1.24 bits per heavy atom. The van der Waals surface area contributed by atoms with E-state index in [0.717, 1.165) is 0 Å². The number of benzene rings is 1. The Bertz CT molecular complexity index is 1200. The summed E-state index contributed by atoms with van der Waals surface area (Å²) < 4.78 is 6.59. The second-order valence-corrected chi connectivity index (χ2v) is 9.11. The molecule has 1 aliphatic heterocycles. The molecule has 1 aromatic carbocycles. The molecule has 2 N–H and O–H groups in total. The zero-order chi connectivity index (χ0) is 23.4. The van der Waals surface area contributed by atoms with E-state index in [1.807, 2.05) is 24.3 Å². The van der Waals surface area contributed by atoms with Gasteiger partial charge in [-0.15, -0.1) is 0 Å². The molecule has 168 valence electrons. The van der Waals surface area contributed by atoms with Gasteiger partial charge >= 0.3 is 0 Å². The lowest BCUT2D eigenvalue weighted by Gasteiger charge is -2.43. The molecule has 2 aliphatic carbocycles. The standard InChI is InChI=1S/C26H25N3O4/c1-29(2)24(31)21-22(17-6-4-3-5-7-17)26(18-10-8-16(14-27)9-11-18)25(32,23(21)30)19-12-13-28-15-20(19)33-26/h3-6,8-13,15,17,21-23,30,32H,7H2,1-2H3/t17?,21-,22-,23-,25+,26+/m1/s1. The van der Waals surface area contributed by atoms with Gasteiger partial charge in [-0.25, -0.2) is 0 Å². The Hall–Kier alpha value is -3.47. The van der Waals surface area contributed by atoms with Crippen molar-refractivity contribution >= 4 is 5.91 Å². The van der Waals surface area contributed by atoms with Gasteiger partial charge in [0.1, 0.15) is 11.9 Å². The second kappa shape index (κ2) is 7.55. The Balaban J connectivity index is 1.81. The lowest BCUT2D eigenvalue weighted by Crippen LogP contribution is -2.53. The van der Waals surface area contributed by atoms with Crippen molar-refractivity contribution in [2.24, 2.45) is 17.8 Å². The summed E-state index contributed by atoms with van der Waals surface area (Å²) in [6, 6.07) is 10.6. The number of nitriles is 1. The Morgan fingerprint density at radius 3 is 2.64 bits per heavy atom. The molecule has 5 rings (SSSR count). The van der Waals surface area contributed by atoms with E-state index in [1.54, 1.807) is 50.6 Å². The largest absolute Gasteiger partial charge is 0.477 e. The highest BCUT2D eigenvalue weighted by Gasteiger charge is 2.77. The number of carbonyl (C=O) groups excluding carboxylic acids is 1. The summed E-state index contributed by atoms with van der Waals surface area (Å²) in [7, 11) is 3.29. The monoisotopic (exact) mass is 443 g/mol. The molecule has 0 radical (unpaired) electrons. The molecule has 0 bridgehead atoms. The number of hydrogen-bond donors (Lipinski definition) is 2. The average molecular weight is 444 g/mol. The molecule has 7 heteroatoms. The van der Waals surface area contributed by atoms with Crippen molar-refractivity contribution in [1.82, 2.24) is 9.88 Å². The average Bonchev–Trinajstić information content (AvgIpc) is 3.22. The molecule has 1 aromatic heterocycles. The minimum absolute atomic E-state index is 0.175. The molecule has 0 saturated heterocycles. The van der Waals surface area contributed by atoms with E-state index in [2.05, 4.69) is 11.1 Å². The lowest BCUT2D eigenvalue weighted by atomic mass is 9.67. The van der Waals surface area contributed by atoms with Crippen LogP contribution in [-0.4, -0.2) is 46.2 Å². The van der Waals surface area contributed by atoms with Crippen LogP contribution in [0.15, 0.2) is 67.0 Å². The molecular weight excluding hydrogens is 418 g/mol. The van der Waals surface area contributed by atoms with Crippen molar-refractivity contribution in [2.75, 3.05) is 14.1 Å². The predicted molar refractivity (Wildman–Crippen MR) is 120 cm³/mol. The first-order valence-corrected chi connectivity index (χ1v) is 11.0. The third-order valence-electron chi connectivity index (χ3n) is 7.30. The van der Waals surface area contributed by atoms with Crippen molar-refractivity contribution in [3.8, 4) is 11.8 Å². The van der Waals surface area contributed by atoms with Gasteiger partial charge < -0.3 is 19.8 Å². The highest BCUT2D eigenvalue weighted by Crippen LogP contribution is 2.67. The van der Waals surface area contributed by atoms with Crippen molar-refractivity contribution in [3.63, 3.8) is 0 Å². The number of hydrogen-bond acceptors (Lipinski definition) is 6. The molecule has 1 saturated carbocycles. The first-order valence-electron chi connectivity index (χ1n) is 11.0. The van der Waals surface area contributed by atoms with Crippen LogP contribution in [0.2, 0.25) is 0 Å². The summed E-state index contributed by atoms with van der Waals surface area (Å²) in [4.78, 5) is 19.1. The van der Waals surface area contributed by atoms with Crippen LogP contribution in [0, 0.1) is 29.1 Å². The number of pyridine rings is 1. The summed E-state index contributed by atoms with van der Waals surface area (Å²) >= 11 is 0. The van der Waals surface area contributed by atoms with Crippen LogP contribution < -0.4 is 4.74 Å². The van der Waals surface area contributed by atoms with E-state index in [1.165, 1.54) is 11.1 Å². The minimum atomic E-state index is -1.89. The Morgan fingerprint density at radius 2 is 2.00 bits per heavy atom. The number of ether oxygens (including phenoxy) is 1. The van der Waals surface area contributed by atoms with Gasteiger partial charge in [0.15, 0.2) is 11.2 Å². The van der Waals surface area contributed by atoms with Gasteiger partial charge in [-0.3, -0.25) is 9.78 Å². The first kappa shape index (κ1) is 21.4. The van der Waals surface area contributed by atoms with E-state index in [4.69, 9.17) is 4.74 Å². The molecule has 7 nitrogen and oxygen atoms in total. The molecule has 1 unspecified atom stereocenters. The highest BCUT2D eigenvalue weighted by atomic mass is 16.5. The number of allylic oxidation sites excluding steroid dienone is 4. The molecule has 0 spiro atoms. The molecule has 1 amide bonds. The first-order chi connectivity index (χ1) is 15.9. The maximum absolute atomic E-state index is 13.5. The van der Waals surface area contributed by atoms with Crippen LogP contribution in [-0.2, 0) is 16.0 Å². The number of rotatable bonds is 3. The number of aliphatic hydroxyl groups excluding tert-OH is 1. The van der Waals surface area contributed by atoms with E-state index in [-0.39, 0.29) is 11.8 Å². The summed E-state index contributed by atoms with van der Waals surface area (Å²) in [6.07, 6.45) is 10.2. The van der Waals surface area contributed by atoms with Crippen LogP contribution in [0.3, 0.4) is 0 Å². The van der Waals surface area contributed by atoms with E-state index >= 15 is 0 Å². The third kappa shape index (κ3) is 2.74. The van der Waals surface area contributed by atoms with E-state index in [9.17, 15) is 20.3 Å². The van der Waals surface area contributed by atoms with Gasteiger partial charge in [0.2, 0.25) is 5.91 Å². The zero-order valence-corrected chi connectivity index (χ0v) is 18.4. The minimum Gasteiger partial charge on any atom is -0.477 e. The number of fused-ring (bicyclic) bond motifs is 3. The van der Waals surface area contributed by atoms with Gasteiger partial charge in [0, 0.05) is 31.8 Å². The van der Waals surface area contributed by atoms with E-state index in [0.29, 0.717) is 28.9 Å². The number of aromatic nitrogens is 1. The van der Waals surface area contributed by atoms with Crippen molar-refractivity contribution in [3.05, 3.63) is 83.7 Å². The summed E-state index contributed by atoms with van der Waals surface area (Å²) in [5.74, 6) is -1.58. The lowest BCUT2D eigenvalue weighted by molar-refractivity contribution is -0.161. The van der Waals surface area contributed by atoms with Gasteiger partial charge in [-0.1, -0.05) is 36.4 Å². The summed E-state index contributed by atoms with van der Waals surface area (Å²) in [5, 5.41) is 33.4. The van der Waals surface area contributed by atoms with Crippen LogP contribution in [0.5, 0.6) is 5.75 Å². The third-order valence-corrected chi connectivity index (χ3v) is 7.30. The maximum atomic E-state index is 13.5. The van der Waals surface area contributed by atoms with Crippen LogP contribution in [0.1, 0.15) is 23.1 Å². The van der Waals surface area contributed by atoms with Gasteiger partial charge in [0.05, 0.1) is 23.7 Å². The molecule has 2 aromatic rings. The number of amides is 1. The van der Waals surface area contributed by atoms with Gasteiger partial charge in [0.25, 0.3) is 0 Å². The zero-order valence-electron chi connectivity index (χ0n) is 18.4. The summed E-state index contributed by atoms with van der Waals surface area (Å²) in [5.41, 5.74) is -1.88. The van der Waals surface area contributed by atoms with Crippen molar-refractivity contribution in [1.29, 1.82) is 5.26 Å². The van der Waals surface area contributed by atoms with Gasteiger partial charge in [-0.2, -0.15) is 5.26 Å². The molecular formula is C26H25N3O4. The quantitative estimate of drug-likeness (QED) is 0.754. The maximum Gasteiger partial charge on any atom is 0.228 e. The fraction of sp³-hybridized carbons (Fsp3) is 0.346. The Labute approximate surface area is 192 Å². The number of carbonyl (C=O) groups is 1. The van der Waals surface area contributed by atoms with E-state index < -0.39 is 29.1 Å². The number of aliphatic hydroxyl groups is 2. The number of nitrogens with zero attached hydrogens (tertiary/aromatic N) is 3. The SMILES string of the molecule is CN(C)C(=O)[C@H]1[C@@H](O)[C@@]2(O)c3ccncc3O[C@@]2(c2ccc(C#N)cc2)[C@@H]1C1C=CC=CC1. The van der Waals surface area contributed by atoms with Crippen LogP contribution in [0.25, 0.3) is 0 Å². The summed E-state index contributed by atoms with van der Waals surface area (Å²) in [6.45, 7) is 0. The fourth-order valence-electron chi connectivity index (χ4n) is 5.92. The fourth-order valence-corrected chi connectivity index (χ4v) is 5.92. The second-order valence-electron chi connectivity index (χ2n) is 9.11. The molecule has 3 aliphatic rings. The van der Waals surface area contributed by atoms with Gasteiger partial charge in [-0.05, 0) is 36.1 Å². The molecule has 2 heterocycles. The predicted octanol–water partition coefficient (Wildman–Crippen LogP) is 2.26. The topological polar surface area (TPSA) is 107 Å². The van der Waals surface area contributed by atoms with Crippen LogP contribution in [0.4, 0.5) is 0 Å². The molecule has 33 heavy (non-hydrogen) atoms. The van der Waals surface area contributed by atoms with Crippen LogP contribution >= 0.6 is 0 Å². The van der Waals surface area contributed by atoms with Crippen molar-refractivity contribution < 1.29 is 19.7 Å². The normalized spacial score (nSPS) is 33.7. The molecule has 6 atom stereocenters. The van der Waals surface area contributed by atoms with Crippen molar-refractivity contribution in [2.45, 2.75) is 23.7 Å². The Kier molecular flexibility index (Phi) is 4.89. The smallest absolute Gasteiger partial charge is 0.228 e.